The number of aliphatic carboxylic acids is 1. The molecule has 0 saturated carbocycles. The van der Waals surface area contributed by atoms with Crippen molar-refractivity contribution in [1.82, 2.24) is 10.0 Å². The third-order valence-corrected chi connectivity index (χ3v) is 2.05. The molecule has 0 aliphatic rings. The monoisotopic (exact) mass is 240 g/mol. The number of amides is 1. The van der Waals surface area contributed by atoms with Crippen LogP contribution >= 0.6 is 0 Å². The second-order valence-electron chi connectivity index (χ2n) is 3.32. The third kappa shape index (κ3) is 2.58. The predicted octanol–water partition coefficient (Wildman–Crippen LogP) is -0.122. The first-order valence-corrected chi connectivity index (χ1v) is 4.66. The first-order valence-electron chi connectivity index (χ1n) is 4.66. The smallest absolute Gasteiger partial charge is 0.359 e. The Morgan fingerprint density at radius 1 is 1.47 bits per heavy atom. The highest BCUT2D eigenvalue weighted by Gasteiger charge is 2.42. The van der Waals surface area contributed by atoms with Crippen molar-refractivity contribution < 1.29 is 24.6 Å². The zero-order chi connectivity index (χ0) is 13.1. The quantitative estimate of drug-likeness (QED) is 0.562. The molecule has 7 nitrogen and oxygen atoms in total. The van der Waals surface area contributed by atoms with Gasteiger partial charge in [-0.2, -0.15) is 5.06 Å². The van der Waals surface area contributed by atoms with Crippen molar-refractivity contribution in [2.75, 3.05) is 7.11 Å². The van der Waals surface area contributed by atoms with Crippen molar-refractivity contribution in [3.05, 3.63) is 30.1 Å². The van der Waals surface area contributed by atoms with Gasteiger partial charge in [-0.3, -0.25) is 14.6 Å². The van der Waals surface area contributed by atoms with Crippen LogP contribution in [0.5, 0.6) is 0 Å². The molecule has 0 aliphatic heterocycles. The lowest BCUT2D eigenvalue weighted by Crippen LogP contribution is -2.54. The molecule has 0 fully saturated rings. The SMILES string of the molecule is CON(C(=O)c1ccccn1)C(C)(O)C(=O)O. The number of carboxylic acids is 1. The zero-order valence-corrected chi connectivity index (χ0v) is 9.32. The van der Waals surface area contributed by atoms with Gasteiger partial charge < -0.3 is 10.2 Å². The van der Waals surface area contributed by atoms with Gasteiger partial charge in [-0.1, -0.05) is 6.07 Å². The molecular weight excluding hydrogens is 228 g/mol. The zero-order valence-electron chi connectivity index (χ0n) is 9.32. The maximum atomic E-state index is 11.8. The van der Waals surface area contributed by atoms with Crippen molar-refractivity contribution in [3.63, 3.8) is 0 Å². The Bertz CT molecular complexity index is 418. The largest absolute Gasteiger partial charge is 0.478 e. The average molecular weight is 240 g/mol. The summed E-state index contributed by atoms with van der Waals surface area (Å²) in [6.45, 7) is 0.930. The lowest BCUT2D eigenvalue weighted by atomic mass is 10.2. The second kappa shape index (κ2) is 4.89. The molecule has 17 heavy (non-hydrogen) atoms. The molecule has 0 aromatic carbocycles. The topological polar surface area (TPSA) is 100.0 Å². The van der Waals surface area contributed by atoms with Crippen LogP contribution in [0.4, 0.5) is 0 Å². The number of aromatic nitrogens is 1. The molecule has 1 amide bonds. The first kappa shape index (κ1) is 13.1. The molecule has 1 heterocycles. The summed E-state index contributed by atoms with van der Waals surface area (Å²) in [5.41, 5.74) is -2.50. The number of pyridine rings is 1. The van der Waals surface area contributed by atoms with Gasteiger partial charge in [-0.15, -0.1) is 0 Å². The van der Waals surface area contributed by atoms with Crippen LogP contribution in [0, 0.1) is 0 Å². The third-order valence-electron chi connectivity index (χ3n) is 2.05. The number of hydrogen-bond acceptors (Lipinski definition) is 5. The van der Waals surface area contributed by atoms with Crippen molar-refractivity contribution >= 4 is 11.9 Å². The molecule has 92 valence electrons. The Morgan fingerprint density at radius 3 is 2.53 bits per heavy atom. The highest BCUT2D eigenvalue weighted by atomic mass is 16.7. The summed E-state index contributed by atoms with van der Waals surface area (Å²) in [6, 6.07) is 4.54. The highest BCUT2D eigenvalue weighted by molar-refractivity contribution is 5.94. The van der Waals surface area contributed by atoms with E-state index in [1.807, 2.05) is 0 Å². The van der Waals surface area contributed by atoms with Gasteiger partial charge in [-0.25, -0.2) is 4.79 Å². The molecular formula is C10H12N2O5. The summed E-state index contributed by atoms with van der Waals surface area (Å²) in [7, 11) is 1.08. The van der Waals surface area contributed by atoms with Gasteiger partial charge >= 0.3 is 5.97 Å². The second-order valence-corrected chi connectivity index (χ2v) is 3.32. The van der Waals surface area contributed by atoms with E-state index in [1.165, 1.54) is 12.3 Å². The summed E-state index contributed by atoms with van der Waals surface area (Å²) in [5, 5.41) is 18.8. The van der Waals surface area contributed by atoms with E-state index in [-0.39, 0.29) is 5.69 Å². The number of carbonyl (C=O) groups excluding carboxylic acids is 1. The fourth-order valence-electron chi connectivity index (χ4n) is 1.14. The van der Waals surface area contributed by atoms with Gasteiger partial charge in [0.1, 0.15) is 5.69 Å². The van der Waals surface area contributed by atoms with Crippen LogP contribution in [-0.2, 0) is 9.63 Å². The number of rotatable bonds is 4. The number of hydroxylamine groups is 2. The van der Waals surface area contributed by atoms with Crippen molar-refractivity contribution in [3.8, 4) is 0 Å². The number of aliphatic hydroxyl groups is 1. The van der Waals surface area contributed by atoms with Gasteiger partial charge in [-0.05, 0) is 19.1 Å². The summed E-state index contributed by atoms with van der Waals surface area (Å²) >= 11 is 0. The Hall–Kier alpha value is -1.99. The van der Waals surface area contributed by atoms with E-state index < -0.39 is 17.6 Å². The Kier molecular flexibility index (Phi) is 3.77. The number of carboxylic acid groups (broad SMARTS) is 1. The lowest BCUT2D eigenvalue weighted by Gasteiger charge is -2.30. The highest BCUT2D eigenvalue weighted by Crippen LogP contribution is 2.15. The van der Waals surface area contributed by atoms with Crippen LogP contribution in [-0.4, -0.2) is 45.0 Å². The summed E-state index contributed by atoms with van der Waals surface area (Å²) in [6.07, 6.45) is 1.37. The van der Waals surface area contributed by atoms with Gasteiger partial charge in [0.2, 0.25) is 0 Å². The van der Waals surface area contributed by atoms with Gasteiger partial charge in [0, 0.05) is 6.20 Å². The predicted molar refractivity (Wildman–Crippen MR) is 55.7 cm³/mol. The average Bonchev–Trinajstić information content (AvgIpc) is 2.30. The van der Waals surface area contributed by atoms with Crippen LogP contribution in [0.25, 0.3) is 0 Å². The molecule has 0 radical (unpaired) electrons. The lowest BCUT2D eigenvalue weighted by molar-refractivity contribution is -0.242. The van der Waals surface area contributed by atoms with E-state index in [2.05, 4.69) is 9.82 Å². The molecule has 1 aromatic heterocycles. The van der Waals surface area contributed by atoms with E-state index in [0.717, 1.165) is 14.0 Å². The Morgan fingerprint density at radius 2 is 2.12 bits per heavy atom. The molecule has 2 N–H and O–H groups in total. The van der Waals surface area contributed by atoms with Crippen molar-refractivity contribution in [2.45, 2.75) is 12.6 Å². The molecule has 1 aromatic rings. The molecule has 1 rings (SSSR count). The molecule has 1 atom stereocenters. The standard InChI is InChI=1S/C10H12N2O5/c1-10(16,9(14)15)12(17-2)8(13)7-5-3-4-6-11-7/h3-6,16H,1-2H3,(H,14,15). The molecule has 0 saturated heterocycles. The van der Waals surface area contributed by atoms with Gasteiger partial charge in [0.25, 0.3) is 11.6 Å². The van der Waals surface area contributed by atoms with Gasteiger partial charge in [0.05, 0.1) is 7.11 Å². The summed E-state index contributed by atoms with van der Waals surface area (Å²) in [4.78, 5) is 31.0. The number of nitrogens with zero attached hydrogens (tertiary/aromatic N) is 2. The van der Waals surface area contributed by atoms with Crippen LogP contribution in [0.15, 0.2) is 24.4 Å². The van der Waals surface area contributed by atoms with E-state index in [4.69, 9.17) is 5.11 Å². The van der Waals surface area contributed by atoms with Crippen molar-refractivity contribution in [2.24, 2.45) is 0 Å². The summed E-state index contributed by atoms with van der Waals surface area (Å²) in [5.74, 6) is -2.45. The van der Waals surface area contributed by atoms with Crippen molar-refractivity contribution in [1.29, 1.82) is 0 Å². The fourth-order valence-corrected chi connectivity index (χ4v) is 1.14. The minimum Gasteiger partial charge on any atom is -0.478 e. The maximum Gasteiger partial charge on any atom is 0.359 e. The maximum absolute atomic E-state index is 11.8. The first-order chi connectivity index (χ1) is 7.91. The Labute approximate surface area is 97.2 Å². The minimum atomic E-state index is -2.47. The van der Waals surface area contributed by atoms with Crippen LogP contribution in [0.2, 0.25) is 0 Å². The van der Waals surface area contributed by atoms with Gasteiger partial charge in [0.15, 0.2) is 0 Å². The van der Waals surface area contributed by atoms with E-state index >= 15 is 0 Å². The number of carbonyl (C=O) groups is 2. The molecule has 7 heteroatoms. The van der Waals surface area contributed by atoms with Crippen LogP contribution < -0.4 is 0 Å². The molecule has 0 aliphatic carbocycles. The van der Waals surface area contributed by atoms with E-state index in [1.54, 1.807) is 12.1 Å². The molecule has 1 unspecified atom stereocenters. The molecule has 0 bridgehead atoms. The Balaban J connectivity index is 3.05. The normalized spacial score (nSPS) is 13.8. The minimum absolute atomic E-state index is 0.0316. The van der Waals surface area contributed by atoms with E-state index in [9.17, 15) is 14.7 Å². The van der Waals surface area contributed by atoms with E-state index in [0.29, 0.717) is 5.06 Å². The fraction of sp³-hybridized carbons (Fsp3) is 0.300. The number of hydrogen-bond donors (Lipinski definition) is 2. The summed E-state index contributed by atoms with van der Waals surface area (Å²) < 4.78 is 0. The van der Waals surface area contributed by atoms with Crippen LogP contribution in [0.1, 0.15) is 17.4 Å². The van der Waals surface area contributed by atoms with Crippen LogP contribution in [0.3, 0.4) is 0 Å². The molecule has 0 spiro atoms.